The summed E-state index contributed by atoms with van der Waals surface area (Å²) in [6, 6.07) is 18.1. The number of rotatable bonds is 12. The first-order chi connectivity index (χ1) is 23.1. The number of benzene rings is 2. The van der Waals surface area contributed by atoms with Crippen molar-refractivity contribution >= 4 is 33.8 Å². The van der Waals surface area contributed by atoms with E-state index in [0.29, 0.717) is 31.6 Å². The van der Waals surface area contributed by atoms with Crippen molar-refractivity contribution in [1.82, 2.24) is 24.5 Å². The lowest BCUT2D eigenvalue weighted by molar-refractivity contribution is -0.114. The monoisotopic (exact) mass is 651 g/mol. The van der Waals surface area contributed by atoms with Gasteiger partial charge in [-0.2, -0.15) is 9.61 Å². The molecule has 0 atom stereocenters. The molecule has 10 heteroatoms. The number of carbonyl (C=O) groups excluding carboxylic acids is 1. The van der Waals surface area contributed by atoms with E-state index in [1.807, 2.05) is 72.3 Å². The molecule has 0 saturated heterocycles. The number of aromatic nitrogens is 4. The number of anilines is 2. The Bertz CT molecular complexity index is 1940. The van der Waals surface area contributed by atoms with Gasteiger partial charge >= 0.3 is 0 Å². The number of pyridine rings is 1. The molecular weight excluding hydrogens is 608 g/mol. The molecule has 1 aliphatic rings. The molecule has 0 amide bonds. The van der Waals surface area contributed by atoms with Crippen LogP contribution in [0.4, 0.5) is 20.4 Å². The van der Waals surface area contributed by atoms with E-state index in [4.69, 9.17) is 9.97 Å². The minimum atomic E-state index is -2.59. The number of ketones is 1. The van der Waals surface area contributed by atoms with Crippen molar-refractivity contribution in [1.29, 1.82) is 0 Å². The van der Waals surface area contributed by atoms with Crippen molar-refractivity contribution in [3.05, 3.63) is 95.8 Å². The largest absolute Gasteiger partial charge is 0.367 e. The highest BCUT2D eigenvalue weighted by atomic mass is 19.3. The molecule has 1 aliphatic carbocycles. The predicted octanol–water partition coefficient (Wildman–Crippen LogP) is 7.90. The van der Waals surface area contributed by atoms with Gasteiger partial charge in [-0.25, -0.2) is 13.8 Å². The molecule has 0 spiro atoms. The van der Waals surface area contributed by atoms with Gasteiger partial charge in [0.1, 0.15) is 11.6 Å². The molecule has 1 fully saturated rings. The molecule has 0 aliphatic heterocycles. The zero-order valence-electron chi connectivity index (χ0n) is 28.0. The Morgan fingerprint density at radius 2 is 1.90 bits per heavy atom. The smallest absolute Gasteiger partial charge is 0.248 e. The fraction of sp³-hybridized carbons (Fsp3) is 0.368. The van der Waals surface area contributed by atoms with E-state index in [2.05, 4.69) is 53.8 Å². The second-order valence-corrected chi connectivity index (χ2v) is 13.3. The van der Waals surface area contributed by atoms with Crippen LogP contribution in [-0.4, -0.2) is 62.9 Å². The van der Waals surface area contributed by atoms with E-state index in [9.17, 15) is 13.6 Å². The number of alkyl halides is 2. The number of nitrogens with zero attached hydrogens (tertiary/aromatic N) is 5. The number of allylic oxidation sites excluding steroid dienone is 1. The van der Waals surface area contributed by atoms with Gasteiger partial charge in [0.2, 0.25) is 5.92 Å². The van der Waals surface area contributed by atoms with Gasteiger partial charge in [-0.05, 0) is 61.5 Å². The first-order valence-corrected chi connectivity index (χ1v) is 16.6. The first-order valence-electron chi connectivity index (χ1n) is 16.6. The number of fused-ring (bicyclic) bond motifs is 2. The zero-order valence-corrected chi connectivity index (χ0v) is 28.0. The Hall–Kier alpha value is -4.70. The lowest BCUT2D eigenvalue weighted by Gasteiger charge is -2.29. The standard InChI is InChI=1S/C38H43F2N7O/c1-25(2)33-24-43-47-35(22-34(45-37(33)47)44-29-13-16-38(39,40)17-14-29)42-23-28-8-5-6-10-31(28)36-32-12-11-26(20-27(32)15-18-41-36)21-30(48)9-7-19-46(3)4/h5-12,15,18,20,22,24-25,29,42H,13-14,16-17,19,21,23H2,1-4H3,(H,44,45)/b9-7+. The summed E-state index contributed by atoms with van der Waals surface area (Å²) < 4.78 is 29.5. The SMILES string of the molecule is CC(C)c1cnn2c(NCc3ccccc3-c3nccc4cc(CC(=O)/C=C/CN(C)C)ccc34)cc(NC3CCC(F)(F)CC3)nc12. The number of likely N-dealkylation sites (N-methyl/N-ethyl adjacent to an activating group) is 1. The van der Waals surface area contributed by atoms with Crippen LogP contribution in [0.15, 0.2) is 79.1 Å². The Morgan fingerprint density at radius 3 is 2.67 bits per heavy atom. The fourth-order valence-electron chi connectivity index (χ4n) is 6.28. The summed E-state index contributed by atoms with van der Waals surface area (Å²) >= 11 is 0. The molecule has 0 unspecified atom stereocenters. The number of nitrogens with one attached hydrogen (secondary N) is 2. The van der Waals surface area contributed by atoms with Crippen LogP contribution in [0, 0.1) is 0 Å². The molecule has 2 N–H and O–H groups in total. The molecule has 3 heterocycles. The molecule has 0 radical (unpaired) electrons. The second kappa shape index (κ2) is 14.2. The quantitative estimate of drug-likeness (QED) is 0.133. The van der Waals surface area contributed by atoms with Crippen molar-refractivity contribution in [2.75, 3.05) is 31.3 Å². The predicted molar refractivity (Wildman–Crippen MR) is 189 cm³/mol. The van der Waals surface area contributed by atoms with Crippen LogP contribution in [0.2, 0.25) is 0 Å². The van der Waals surface area contributed by atoms with Crippen molar-refractivity contribution < 1.29 is 13.6 Å². The summed E-state index contributed by atoms with van der Waals surface area (Å²) in [4.78, 5) is 24.2. The van der Waals surface area contributed by atoms with Gasteiger partial charge in [-0.3, -0.25) is 9.78 Å². The molecule has 3 aromatic heterocycles. The third-order valence-electron chi connectivity index (χ3n) is 8.90. The van der Waals surface area contributed by atoms with Crippen molar-refractivity contribution in [2.45, 2.75) is 70.4 Å². The minimum Gasteiger partial charge on any atom is -0.367 e. The van der Waals surface area contributed by atoms with Gasteiger partial charge < -0.3 is 15.5 Å². The van der Waals surface area contributed by atoms with Gasteiger partial charge in [0.25, 0.3) is 0 Å². The minimum absolute atomic E-state index is 0.0609. The van der Waals surface area contributed by atoms with E-state index >= 15 is 0 Å². The van der Waals surface area contributed by atoms with Crippen molar-refractivity contribution in [3.63, 3.8) is 0 Å². The highest BCUT2D eigenvalue weighted by molar-refractivity contribution is 5.97. The molecule has 0 bridgehead atoms. The van der Waals surface area contributed by atoms with Crippen LogP contribution in [0.3, 0.4) is 0 Å². The van der Waals surface area contributed by atoms with Crippen LogP contribution >= 0.6 is 0 Å². The highest BCUT2D eigenvalue weighted by Crippen LogP contribution is 2.35. The molecule has 8 nitrogen and oxygen atoms in total. The maximum Gasteiger partial charge on any atom is 0.248 e. The highest BCUT2D eigenvalue weighted by Gasteiger charge is 2.35. The lowest BCUT2D eigenvalue weighted by Crippen LogP contribution is -2.32. The first kappa shape index (κ1) is 33.2. The summed E-state index contributed by atoms with van der Waals surface area (Å²) in [7, 11) is 3.94. The lowest BCUT2D eigenvalue weighted by atomic mass is 9.92. The molecule has 6 rings (SSSR count). The Morgan fingerprint density at radius 1 is 1.10 bits per heavy atom. The van der Waals surface area contributed by atoms with E-state index < -0.39 is 5.92 Å². The molecular formula is C38H43F2N7O. The summed E-state index contributed by atoms with van der Waals surface area (Å²) in [5, 5.41) is 13.7. The average Bonchev–Trinajstić information content (AvgIpc) is 3.49. The van der Waals surface area contributed by atoms with E-state index in [0.717, 1.165) is 56.7 Å². The van der Waals surface area contributed by atoms with Gasteiger partial charge in [-0.15, -0.1) is 0 Å². The Balaban J connectivity index is 1.26. The second-order valence-electron chi connectivity index (χ2n) is 13.3. The van der Waals surface area contributed by atoms with Gasteiger partial charge in [0.15, 0.2) is 11.4 Å². The number of carbonyl (C=O) groups is 1. The van der Waals surface area contributed by atoms with Crippen LogP contribution in [-0.2, 0) is 17.8 Å². The van der Waals surface area contributed by atoms with E-state index in [1.165, 1.54) is 0 Å². The molecule has 2 aromatic carbocycles. The Labute approximate surface area is 280 Å². The molecule has 250 valence electrons. The maximum absolute atomic E-state index is 13.8. The van der Waals surface area contributed by atoms with Crippen LogP contribution in [0.1, 0.15) is 62.1 Å². The average molecular weight is 652 g/mol. The van der Waals surface area contributed by atoms with Gasteiger partial charge in [0, 0.05) is 67.2 Å². The summed E-state index contributed by atoms with van der Waals surface area (Å²) in [6.45, 7) is 5.42. The van der Waals surface area contributed by atoms with E-state index in [1.54, 1.807) is 6.08 Å². The van der Waals surface area contributed by atoms with Crippen molar-refractivity contribution in [3.8, 4) is 11.3 Å². The topological polar surface area (TPSA) is 87.5 Å². The van der Waals surface area contributed by atoms with Gasteiger partial charge in [0.05, 0.1) is 11.9 Å². The number of halogens is 2. The normalized spacial score (nSPS) is 15.2. The van der Waals surface area contributed by atoms with E-state index in [-0.39, 0.29) is 30.6 Å². The summed E-state index contributed by atoms with van der Waals surface area (Å²) in [5.41, 5.74) is 5.63. The Kier molecular flexibility index (Phi) is 9.82. The maximum atomic E-state index is 13.8. The van der Waals surface area contributed by atoms with Crippen LogP contribution in [0.25, 0.3) is 27.7 Å². The van der Waals surface area contributed by atoms with Crippen LogP contribution in [0.5, 0.6) is 0 Å². The third-order valence-corrected chi connectivity index (χ3v) is 8.90. The van der Waals surface area contributed by atoms with Gasteiger partial charge in [-0.1, -0.05) is 62.4 Å². The van der Waals surface area contributed by atoms with Crippen LogP contribution < -0.4 is 10.6 Å². The fourth-order valence-corrected chi connectivity index (χ4v) is 6.28. The molecule has 48 heavy (non-hydrogen) atoms. The number of hydrogen-bond acceptors (Lipinski definition) is 7. The zero-order chi connectivity index (χ0) is 33.8. The number of hydrogen-bond donors (Lipinski definition) is 2. The van der Waals surface area contributed by atoms with Crippen molar-refractivity contribution in [2.24, 2.45) is 0 Å². The summed E-state index contributed by atoms with van der Waals surface area (Å²) in [5.74, 6) is -0.902. The summed E-state index contributed by atoms with van der Waals surface area (Å²) in [6.07, 6.45) is 8.11. The molecule has 5 aromatic rings. The third kappa shape index (κ3) is 7.71. The molecule has 1 saturated carbocycles.